The van der Waals surface area contributed by atoms with Crippen molar-refractivity contribution in [1.29, 1.82) is 0 Å². The van der Waals surface area contributed by atoms with Crippen LogP contribution in [0.5, 0.6) is 0 Å². The Morgan fingerprint density at radius 1 is 0.882 bits per heavy atom. The van der Waals surface area contributed by atoms with E-state index in [0.29, 0.717) is 0 Å². The molecule has 88 valence electrons. The summed E-state index contributed by atoms with van der Waals surface area (Å²) in [7, 11) is 0. The molecular weight excluding hydrogens is 312 g/mol. The summed E-state index contributed by atoms with van der Waals surface area (Å²) in [5.41, 5.74) is -0.619. The highest BCUT2D eigenvalue weighted by molar-refractivity contribution is 6.70. The van der Waals surface area contributed by atoms with Gasteiger partial charge >= 0.3 is 0 Å². The minimum absolute atomic E-state index is 0.145. The van der Waals surface area contributed by atoms with Gasteiger partial charge in [-0.1, -0.05) is 34.8 Å². The first-order valence-electron chi connectivity index (χ1n) is 4.12. The smallest absolute Gasteiger partial charge is 0.260 e. The number of imide groups is 1. The van der Waals surface area contributed by atoms with Crippen molar-refractivity contribution in [3.63, 3.8) is 0 Å². The van der Waals surface area contributed by atoms with E-state index in [2.05, 4.69) is 0 Å². The van der Waals surface area contributed by atoms with Gasteiger partial charge in [-0.05, 0) is 11.6 Å². The van der Waals surface area contributed by atoms with Crippen molar-refractivity contribution in [3.05, 3.63) is 31.8 Å². The van der Waals surface area contributed by atoms with Crippen LogP contribution in [0.15, 0.2) is 0 Å². The van der Waals surface area contributed by atoms with E-state index in [-0.39, 0.29) is 31.8 Å². The van der Waals surface area contributed by atoms with Gasteiger partial charge in [-0.2, -0.15) is 0 Å². The molecule has 0 radical (unpaired) electrons. The van der Waals surface area contributed by atoms with Crippen LogP contribution in [0.25, 0.3) is 0 Å². The fourth-order valence-electron chi connectivity index (χ4n) is 1.49. The molecule has 1 N–H and O–H groups in total. The van der Waals surface area contributed by atoms with Crippen molar-refractivity contribution >= 4 is 63.5 Å². The fraction of sp³-hybridized carbons (Fsp3) is 0. The average Bonchev–Trinajstić information content (AvgIpc) is 2.50. The van der Waals surface area contributed by atoms with E-state index in [1.807, 2.05) is 5.32 Å². The van der Waals surface area contributed by atoms with Gasteiger partial charge in [-0.25, -0.2) is 0 Å². The van der Waals surface area contributed by atoms with Crippen LogP contribution < -0.4 is 5.32 Å². The molecule has 2 rings (SSSR count). The second-order valence-corrected chi connectivity index (χ2v) is 4.60. The number of benzene rings is 1. The maximum atomic E-state index is 11.5. The Bertz CT molecular complexity index is 597. The first kappa shape index (κ1) is 12.6. The molecule has 0 aromatic heterocycles. The van der Waals surface area contributed by atoms with E-state index in [1.165, 1.54) is 0 Å². The molecular formula is C9HCl4NO3. The van der Waals surface area contributed by atoms with Crippen molar-refractivity contribution in [2.75, 3.05) is 0 Å². The minimum atomic E-state index is -0.961. The standard InChI is InChI=1S/C9HCl4NO3/c10-4-1-2(9(17)14-8(1)16)5(11)6(12)3(4)7(13)15/h(H,14,16,17). The molecule has 0 spiro atoms. The zero-order valence-corrected chi connectivity index (χ0v) is 10.8. The highest BCUT2D eigenvalue weighted by Crippen LogP contribution is 2.40. The quantitative estimate of drug-likeness (QED) is 0.492. The van der Waals surface area contributed by atoms with Crippen LogP contribution in [0, 0.1) is 0 Å². The zero-order chi connectivity index (χ0) is 12.9. The molecule has 17 heavy (non-hydrogen) atoms. The summed E-state index contributed by atoms with van der Waals surface area (Å²) < 4.78 is 0. The number of hydrogen-bond donors (Lipinski definition) is 1. The predicted molar refractivity (Wildman–Crippen MR) is 63.5 cm³/mol. The normalized spacial score (nSPS) is 13.6. The van der Waals surface area contributed by atoms with Gasteiger partial charge in [0.05, 0.1) is 31.8 Å². The van der Waals surface area contributed by atoms with Crippen molar-refractivity contribution in [2.45, 2.75) is 0 Å². The van der Waals surface area contributed by atoms with Crippen molar-refractivity contribution < 1.29 is 14.4 Å². The molecule has 4 nitrogen and oxygen atoms in total. The second-order valence-electron chi connectivity index (χ2n) is 3.12. The van der Waals surface area contributed by atoms with Crippen LogP contribution in [-0.2, 0) is 0 Å². The van der Waals surface area contributed by atoms with E-state index in [0.717, 1.165) is 0 Å². The Morgan fingerprint density at radius 2 is 1.35 bits per heavy atom. The minimum Gasteiger partial charge on any atom is -0.288 e. The third kappa shape index (κ3) is 1.72. The lowest BCUT2D eigenvalue weighted by molar-refractivity contribution is 0.0879. The van der Waals surface area contributed by atoms with Crippen LogP contribution in [0.4, 0.5) is 0 Å². The molecule has 1 heterocycles. The van der Waals surface area contributed by atoms with Gasteiger partial charge in [0.25, 0.3) is 17.1 Å². The Morgan fingerprint density at radius 3 is 1.82 bits per heavy atom. The molecule has 1 aromatic rings. The maximum absolute atomic E-state index is 11.5. The first-order chi connectivity index (χ1) is 7.86. The fourth-order valence-corrected chi connectivity index (χ4v) is 2.73. The van der Waals surface area contributed by atoms with E-state index in [4.69, 9.17) is 46.4 Å². The molecule has 0 unspecified atom stereocenters. The van der Waals surface area contributed by atoms with Crippen LogP contribution in [0.2, 0.25) is 15.1 Å². The summed E-state index contributed by atoms with van der Waals surface area (Å²) in [5.74, 6) is -1.46. The molecule has 1 aromatic carbocycles. The molecule has 0 fully saturated rings. The summed E-state index contributed by atoms with van der Waals surface area (Å²) in [5, 5.41) is 0.283. The number of halogens is 4. The number of carbonyl (C=O) groups excluding carboxylic acids is 3. The first-order valence-corrected chi connectivity index (χ1v) is 5.63. The lowest BCUT2D eigenvalue weighted by Crippen LogP contribution is -2.20. The highest BCUT2D eigenvalue weighted by Gasteiger charge is 2.36. The summed E-state index contributed by atoms with van der Waals surface area (Å²) in [6.45, 7) is 0. The molecule has 0 atom stereocenters. The SMILES string of the molecule is O=C(Cl)c1c(Cl)c(Cl)c2c(c1Cl)C(=O)NC2=O. The van der Waals surface area contributed by atoms with Crippen LogP contribution >= 0.6 is 46.4 Å². The van der Waals surface area contributed by atoms with Gasteiger partial charge < -0.3 is 0 Å². The Balaban J connectivity index is 2.94. The number of fused-ring (bicyclic) bond motifs is 1. The third-order valence-corrected chi connectivity index (χ3v) is 3.62. The third-order valence-electron chi connectivity index (χ3n) is 2.20. The van der Waals surface area contributed by atoms with Gasteiger partial charge in [0.1, 0.15) is 0 Å². The maximum Gasteiger partial charge on any atom is 0.260 e. The predicted octanol–water partition coefficient (Wildman–Crippen LogP) is 2.91. The van der Waals surface area contributed by atoms with Crippen molar-refractivity contribution in [1.82, 2.24) is 5.32 Å². The molecule has 0 saturated carbocycles. The van der Waals surface area contributed by atoms with Crippen molar-refractivity contribution in [2.24, 2.45) is 0 Å². The van der Waals surface area contributed by atoms with E-state index >= 15 is 0 Å². The largest absolute Gasteiger partial charge is 0.288 e. The van der Waals surface area contributed by atoms with Gasteiger partial charge in [-0.3, -0.25) is 19.7 Å². The average molecular weight is 313 g/mol. The molecule has 0 aliphatic carbocycles. The number of rotatable bonds is 1. The van der Waals surface area contributed by atoms with Gasteiger partial charge in [0.15, 0.2) is 0 Å². The topological polar surface area (TPSA) is 63.2 Å². The summed E-state index contributed by atoms with van der Waals surface area (Å²) in [6.07, 6.45) is 0. The molecule has 0 bridgehead atoms. The van der Waals surface area contributed by atoms with Gasteiger partial charge in [0, 0.05) is 0 Å². The molecule has 1 aliphatic heterocycles. The Kier molecular flexibility index (Phi) is 3.08. The summed E-state index contributed by atoms with van der Waals surface area (Å²) in [4.78, 5) is 34.0. The number of carbonyl (C=O) groups is 3. The van der Waals surface area contributed by atoms with Crippen LogP contribution in [0.1, 0.15) is 31.1 Å². The second kappa shape index (κ2) is 4.14. The molecule has 0 saturated heterocycles. The molecule has 8 heteroatoms. The van der Waals surface area contributed by atoms with E-state index in [1.54, 1.807) is 0 Å². The summed E-state index contributed by atoms with van der Waals surface area (Å²) in [6, 6.07) is 0. The Labute approximate surface area is 115 Å². The number of amides is 2. The monoisotopic (exact) mass is 311 g/mol. The molecule has 1 aliphatic rings. The van der Waals surface area contributed by atoms with Gasteiger partial charge in [-0.15, -0.1) is 0 Å². The highest BCUT2D eigenvalue weighted by atomic mass is 35.5. The van der Waals surface area contributed by atoms with Gasteiger partial charge in [0.2, 0.25) is 0 Å². The van der Waals surface area contributed by atoms with Crippen LogP contribution in [0.3, 0.4) is 0 Å². The van der Waals surface area contributed by atoms with Crippen LogP contribution in [-0.4, -0.2) is 17.1 Å². The lowest BCUT2D eigenvalue weighted by atomic mass is 10.1. The molecule has 2 amide bonds. The number of hydrogen-bond acceptors (Lipinski definition) is 3. The number of nitrogens with one attached hydrogen (secondary N) is 1. The van der Waals surface area contributed by atoms with Crippen molar-refractivity contribution in [3.8, 4) is 0 Å². The zero-order valence-electron chi connectivity index (χ0n) is 7.74. The summed E-state index contributed by atoms with van der Waals surface area (Å²) >= 11 is 22.7. The lowest BCUT2D eigenvalue weighted by Gasteiger charge is -2.08. The van der Waals surface area contributed by atoms with E-state index in [9.17, 15) is 14.4 Å². The van der Waals surface area contributed by atoms with E-state index < -0.39 is 17.1 Å². The Hall–Kier alpha value is -0.810.